The molecule has 0 spiro atoms. The highest BCUT2D eigenvalue weighted by Crippen LogP contribution is 2.28. The molecule has 0 aliphatic carbocycles. The Balaban J connectivity index is 2.18. The molecule has 7 heteroatoms. The molecule has 20 heavy (non-hydrogen) atoms. The SMILES string of the molecule is CC(CO)(CO)NC(=O)c1ccc2c(c1)OCC(=O)N2. The summed E-state index contributed by atoms with van der Waals surface area (Å²) in [6.45, 7) is 0.669. The lowest BCUT2D eigenvalue weighted by atomic mass is 10.0. The van der Waals surface area contributed by atoms with Crippen LogP contribution in [0.4, 0.5) is 5.69 Å². The van der Waals surface area contributed by atoms with Crippen molar-refractivity contribution < 1.29 is 24.5 Å². The average molecular weight is 280 g/mol. The van der Waals surface area contributed by atoms with Crippen LogP contribution in [0.15, 0.2) is 18.2 Å². The number of rotatable bonds is 4. The molecule has 0 radical (unpaired) electrons. The van der Waals surface area contributed by atoms with Gasteiger partial charge in [-0.25, -0.2) is 0 Å². The van der Waals surface area contributed by atoms with Gasteiger partial charge in [0.05, 0.1) is 24.4 Å². The molecule has 0 saturated carbocycles. The lowest BCUT2D eigenvalue weighted by Crippen LogP contribution is -2.51. The van der Waals surface area contributed by atoms with Crippen molar-refractivity contribution in [2.45, 2.75) is 12.5 Å². The molecule has 0 aromatic heterocycles. The second kappa shape index (κ2) is 5.48. The summed E-state index contributed by atoms with van der Waals surface area (Å²) in [4.78, 5) is 23.2. The standard InChI is InChI=1S/C13H16N2O5/c1-13(6-16,7-17)15-12(19)8-2-3-9-10(4-8)20-5-11(18)14-9/h2-4,16-17H,5-7H2,1H3,(H,14,18)(H,15,19). The second-order valence-electron chi connectivity index (χ2n) is 4.88. The number of fused-ring (bicyclic) bond motifs is 1. The normalized spacial score (nSPS) is 14.1. The molecule has 2 amide bonds. The van der Waals surface area contributed by atoms with Crippen molar-refractivity contribution in [2.24, 2.45) is 0 Å². The molecule has 108 valence electrons. The van der Waals surface area contributed by atoms with E-state index in [1.807, 2.05) is 0 Å². The predicted molar refractivity (Wildman–Crippen MR) is 70.6 cm³/mol. The number of carbonyl (C=O) groups is 2. The third kappa shape index (κ3) is 2.89. The number of hydrogen-bond acceptors (Lipinski definition) is 5. The van der Waals surface area contributed by atoms with E-state index in [1.165, 1.54) is 19.1 Å². The van der Waals surface area contributed by atoms with Crippen molar-refractivity contribution in [3.63, 3.8) is 0 Å². The number of anilines is 1. The Hall–Kier alpha value is -2.12. The number of aliphatic hydroxyl groups is 2. The molecule has 1 aromatic carbocycles. The van der Waals surface area contributed by atoms with Gasteiger partial charge in [-0.2, -0.15) is 0 Å². The third-order valence-electron chi connectivity index (χ3n) is 2.99. The van der Waals surface area contributed by atoms with Gasteiger partial charge in [-0.1, -0.05) is 0 Å². The molecule has 1 heterocycles. The van der Waals surface area contributed by atoms with Gasteiger partial charge in [0.2, 0.25) is 0 Å². The summed E-state index contributed by atoms with van der Waals surface area (Å²) in [5.74, 6) is -0.284. The maximum Gasteiger partial charge on any atom is 0.262 e. The van der Waals surface area contributed by atoms with Gasteiger partial charge < -0.3 is 25.6 Å². The molecule has 4 N–H and O–H groups in total. The molecular weight excluding hydrogens is 264 g/mol. The average Bonchev–Trinajstić information content (AvgIpc) is 2.46. The van der Waals surface area contributed by atoms with Crippen LogP contribution in [-0.2, 0) is 4.79 Å². The number of aliphatic hydroxyl groups excluding tert-OH is 2. The van der Waals surface area contributed by atoms with Gasteiger partial charge in [0.1, 0.15) is 5.75 Å². The van der Waals surface area contributed by atoms with Crippen molar-refractivity contribution in [2.75, 3.05) is 25.1 Å². The zero-order chi connectivity index (χ0) is 14.8. The molecule has 2 rings (SSSR count). The van der Waals surface area contributed by atoms with Crippen molar-refractivity contribution in [3.8, 4) is 5.75 Å². The highest BCUT2D eigenvalue weighted by Gasteiger charge is 2.26. The van der Waals surface area contributed by atoms with Gasteiger partial charge in [0.15, 0.2) is 6.61 Å². The van der Waals surface area contributed by atoms with E-state index in [4.69, 9.17) is 14.9 Å². The lowest BCUT2D eigenvalue weighted by molar-refractivity contribution is -0.118. The Morgan fingerprint density at radius 1 is 1.45 bits per heavy atom. The van der Waals surface area contributed by atoms with E-state index < -0.39 is 11.4 Å². The van der Waals surface area contributed by atoms with E-state index in [1.54, 1.807) is 6.07 Å². The number of carbonyl (C=O) groups excluding carboxylic acids is 2. The van der Waals surface area contributed by atoms with Crippen LogP contribution in [0.3, 0.4) is 0 Å². The van der Waals surface area contributed by atoms with E-state index in [9.17, 15) is 9.59 Å². The largest absolute Gasteiger partial charge is 0.482 e. The van der Waals surface area contributed by atoms with Gasteiger partial charge in [-0.3, -0.25) is 9.59 Å². The first-order valence-corrected chi connectivity index (χ1v) is 6.08. The predicted octanol–water partition coefficient (Wildman–Crippen LogP) is -0.509. The molecule has 1 aliphatic heterocycles. The maximum atomic E-state index is 12.1. The molecule has 0 atom stereocenters. The van der Waals surface area contributed by atoms with Crippen LogP contribution >= 0.6 is 0 Å². The van der Waals surface area contributed by atoms with Crippen molar-refractivity contribution in [1.29, 1.82) is 0 Å². The minimum absolute atomic E-state index is 0.0942. The first-order valence-electron chi connectivity index (χ1n) is 6.08. The highest BCUT2D eigenvalue weighted by molar-refractivity contribution is 5.99. The first-order chi connectivity index (χ1) is 9.47. The summed E-state index contributed by atoms with van der Waals surface area (Å²) < 4.78 is 5.22. The maximum absolute atomic E-state index is 12.1. The zero-order valence-electron chi connectivity index (χ0n) is 11.0. The van der Waals surface area contributed by atoms with Gasteiger partial charge in [-0.15, -0.1) is 0 Å². The Morgan fingerprint density at radius 2 is 2.15 bits per heavy atom. The summed E-state index contributed by atoms with van der Waals surface area (Å²) in [6, 6.07) is 4.59. The van der Waals surface area contributed by atoms with E-state index >= 15 is 0 Å². The number of hydrogen-bond donors (Lipinski definition) is 4. The Labute approximate surface area is 115 Å². The number of amides is 2. The van der Waals surface area contributed by atoms with Crippen molar-refractivity contribution in [1.82, 2.24) is 5.32 Å². The van der Waals surface area contributed by atoms with E-state index in [2.05, 4.69) is 10.6 Å². The van der Waals surface area contributed by atoms with Crippen LogP contribution in [0.2, 0.25) is 0 Å². The van der Waals surface area contributed by atoms with Crippen LogP contribution < -0.4 is 15.4 Å². The molecule has 0 fully saturated rings. The quantitative estimate of drug-likeness (QED) is 0.594. The minimum atomic E-state index is -1.10. The summed E-state index contributed by atoms with van der Waals surface area (Å²) in [5, 5.41) is 23.5. The third-order valence-corrected chi connectivity index (χ3v) is 2.99. The fourth-order valence-corrected chi connectivity index (χ4v) is 1.69. The summed E-state index contributed by atoms with van der Waals surface area (Å²) in [7, 11) is 0. The summed E-state index contributed by atoms with van der Waals surface area (Å²) >= 11 is 0. The molecule has 7 nitrogen and oxygen atoms in total. The number of nitrogens with one attached hydrogen (secondary N) is 2. The van der Waals surface area contributed by atoms with Gasteiger partial charge in [0.25, 0.3) is 11.8 Å². The molecule has 0 bridgehead atoms. The van der Waals surface area contributed by atoms with Crippen LogP contribution in [0.5, 0.6) is 5.75 Å². The summed E-state index contributed by atoms with van der Waals surface area (Å²) in [5.41, 5.74) is -0.278. The number of benzene rings is 1. The molecular formula is C13H16N2O5. The number of ether oxygens (including phenoxy) is 1. The molecule has 1 aliphatic rings. The Kier molecular flexibility index (Phi) is 3.91. The topological polar surface area (TPSA) is 108 Å². The van der Waals surface area contributed by atoms with Gasteiger partial charge in [-0.05, 0) is 25.1 Å². The van der Waals surface area contributed by atoms with Crippen LogP contribution in [0.25, 0.3) is 0 Å². The van der Waals surface area contributed by atoms with E-state index in [0.29, 0.717) is 17.0 Å². The lowest BCUT2D eigenvalue weighted by Gasteiger charge is -2.26. The Morgan fingerprint density at radius 3 is 2.80 bits per heavy atom. The van der Waals surface area contributed by atoms with Crippen LogP contribution in [0.1, 0.15) is 17.3 Å². The molecule has 0 saturated heterocycles. The van der Waals surface area contributed by atoms with Crippen molar-refractivity contribution >= 4 is 17.5 Å². The first kappa shape index (κ1) is 14.3. The summed E-state index contributed by atoms with van der Waals surface area (Å²) in [6.07, 6.45) is 0. The van der Waals surface area contributed by atoms with E-state index in [-0.39, 0.29) is 25.7 Å². The molecule has 1 aromatic rings. The van der Waals surface area contributed by atoms with Gasteiger partial charge in [0, 0.05) is 5.56 Å². The van der Waals surface area contributed by atoms with Gasteiger partial charge >= 0.3 is 0 Å². The fraction of sp³-hybridized carbons (Fsp3) is 0.385. The van der Waals surface area contributed by atoms with E-state index in [0.717, 1.165) is 0 Å². The van der Waals surface area contributed by atoms with Crippen LogP contribution in [-0.4, -0.2) is 47.4 Å². The van der Waals surface area contributed by atoms with Crippen LogP contribution in [0, 0.1) is 0 Å². The zero-order valence-corrected chi connectivity index (χ0v) is 11.0. The minimum Gasteiger partial charge on any atom is -0.482 e. The highest BCUT2D eigenvalue weighted by atomic mass is 16.5. The Bertz CT molecular complexity index is 540. The molecule has 0 unspecified atom stereocenters. The monoisotopic (exact) mass is 280 g/mol. The smallest absolute Gasteiger partial charge is 0.262 e. The van der Waals surface area contributed by atoms with Crippen molar-refractivity contribution in [3.05, 3.63) is 23.8 Å². The fourth-order valence-electron chi connectivity index (χ4n) is 1.69. The second-order valence-corrected chi connectivity index (χ2v) is 4.88.